The lowest BCUT2D eigenvalue weighted by Crippen LogP contribution is -2.30. The van der Waals surface area contributed by atoms with Gasteiger partial charge in [0.15, 0.2) is 0 Å². The monoisotopic (exact) mass is 294 g/mol. The molecule has 3 rings (SSSR count). The zero-order valence-electron chi connectivity index (χ0n) is 12.9. The van der Waals surface area contributed by atoms with Gasteiger partial charge in [0.25, 0.3) is 0 Å². The molecular formula is C17H18N4O. The third kappa shape index (κ3) is 2.37. The normalized spacial score (nSPS) is 17.5. The number of carbonyl (C=O) groups excluding carboxylic acids is 1. The molecule has 1 atom stereocenters. The first-order valence-corrected chi connectivity index (χ1v) is 7.28. The van der Waals surface area contributed by atoms with Crippen molar-refractivity contribution in [2.45, 2.75) is 38.6 Å². The summed E-state index contributed by atoms with van der Waals surface area (Å²) in [6.07, 6.45) is 2.23. The molecule has 1 unspecified atom stereocenters. The summed E-state index contributed by atoms with van der Waals surface area (Å²) in [5.74, 6) is 0.749. The second-order valence-corrected chi connectivity index (χ2v) is 6.57. The highest BCUT2D eigenvalue weighted by Gasteiger charge is 2.32. The SMILES string of the molecule is CC(C)(C)n1ncc2c1NC(=O)CC2c1ccc(C#N)cc1. The van der Waals surface area contributed by atoms with E-state index in [2.05, 4.69) is 37.3 Å². The average molecular weight is 294 g/mol. The van der Waals surface area contributed by atoms with Gasteiger partial charge in [-0.2, -0.15) is 10.4 Å². The van der Waals surface area contributed by atoms with Crippen LogP contribution in [0.5, 0.6) is 0 Å². The summed E-state index contributed by atoms with van der Waals surface area (Å²) < 4.78 is 1.86. The number of fused-ring (bicyclic) bond motifs is 1. The minimum Gasteiger partial charge on any atom is -0.311 e. The van der Waals surface area contributed by atoms with E-state index in [0.717, 1.165) is 16.9 Å². The van der Waals surface area contributed by atoms with Gasteiger partial charge in [-0.1, -0.05) is 12.1 Å². The molecule has 1 aliphatic heterocycles. The molecule has 1 N–H and O–H groups in total. The second kappa shape index (κ2) is 4.99. The van der Waals surface area contributed by atoms with E-state index in [4.69, 9.17) is 5.26 Å². The summed E-state index contributed by atoms with van der Waals surface area (Å²) in [5.41, 5.74) is 2.48. The zero-order chi connectivity index (χ0) is 15.9. The number of carbonyl (C=O) groups is 1. The molecule has 5 nitrogen and oxygen atoms in total. The van der Waals surface area contributed by atoms with E-state index in [-0.39, 0.29) is 17.4 Å². The van der Waals surface area contributed by atoms with Crippen LogP contribution >= 0.6 is 0 Å². The maximum Gasteiger partial charge on any atom is 0.226 e. The molecule has 0 saturated heterocycles. The number of anilines is 1. The van der Waals surface area contributed by atoms with E-state index in [9.17, 15) is 4.79 Å². The summed E-state index contributed by atoms with van der Waals surface area (Å²) in [6, 6.07) is 9.52. The minimum atomic E-state index is -0.201. The van der Waals surface area contributed by atoms with Crippen molar-refractivity contribution >= 4 is 11.7 Å². The van der Waals surface area contributed by atoms with Crippen molar-refractivity contribution in [2.75, 3.05) is 5.32 Å². The highest BCUT2D eigenvalue weighted by molar-refractivity contribution is 5.94. The predicted octanol–water partition coefficient (Wildman–Crippen LogP) is 2.98. The van der Waals surface area contributed by atoms with Crippen LogP contribution in [0.3, 0.4) is 0 Å². The van der Waals surface area contributed by atoms with Crippen molar-refractivity contribution in [2.24, 2.45) is 0 Å². The maximum atomic E-state index is 12.1. The lowest BCUT2D eigenvalue weighted by atomic mass is 9.87. The van der Waals surface area contributed by atoms with Crippen LogP contribution in [0.2, 0.25) is 0 Å². The topological polar surface area (TPSA) is 70.7 Å². The molecule has 0 saturated carbocycles. The van der Waals surface area contributed by atoms with Crippen LogP contribution in [-0.2, 0) is 10.3 Å². The Labute approximate surface area is 129 Å². The fourth-order valence-electron chi connectivity index (χ4n) is 2.82. The van der Waals surface area contributed by atoms with Crippen LogP contribution in [0.1, 0.15) is 49.8 Å². The predicted molar refractivity (Wildman–Crippen MR) is 83.5 cm³/mol. The Balaban J connectivity index is 2.07. The zero-order valence-corrected chi connectivity index (χ0v) is 12.9. The number of benzene rings is 1. The van der Waals surface area contributed by atoms with Crippen molar-refractivity contribution in [3.8, 4) is 6.07 Å². The third-order valence-electron chi connectivity index (χ3n) is 3.90. The van der Waals surface area contributed by atoms with Crippen LogP contribution in [-0.4, -0.2) is 15.7 Å². The van der Waals surface area contributed by atoms with Gasteiger partial charge in [0.2, 0.25) is 5.91 Å². The number of nitrogens with zero attached hydrogens (tertiary/aromatic N) is 3. The molecule has 5 heteroatoms. The maximum absolute atomic E-state index is 12.1. The third-order valence-corrected chi connectivity index (χ3v) is 3.90. The molecule has 112 valence electrons. The van der Waals surface area contributed by atoms with Gasteiger partial charge < -0.3 is 5.32 Å². The Kier molecular flexibility index (Phi) is 3.25. The number of rotatable bonds is 1. The first kappa shape index (κ1) is 14.3. The van der Waals surface area contributed by atoms with E-state index in [1.807, 2.05) is 23.0 Å². The second-order valence-electron chi connectivity index (χ2n) is 6.57. The number of nitrogens with one attached hydrogen (secondary N) is 1. The van der Waals surface area contributed by atoms with Gasteiger partial charge >= 0.3 is 0 Å². The summed E-state index contributed by atoms with van der Waals surface area (Å²) in [5, 5.41) is 16.3. The molecule has 2 heterocycles. The fraction of sp³-hybridized carbons (Fsp3) is 0.353. The Morgan fingerprint density at radius 3 is 2.59 bits per heavy atom. The van der Waals surface area contributed by atoms with Crippen molar-refractivity contribution in [1.82, 2.24) is 9.78 Å². The van der Waals surface area contributed by atoms with Crippen molar-refractivity contribution in [3.05, 3.63) is 47.2 Å². The van der Waals surface area contributed by atoms with Gasteiger partial charge in [0.05, 0.1) is 23.4 Å². The van der Waals surface area contributed by atoms with Crippen LogP contribution < -0.4 is 5.32 Å². The van der Waals surface area contributed by atoms with Crippen molar-refractivity contribution < 1.29 is 4.79 Å². The van der Waals surface area contributed by atoms with E-state index < -0.39 is 0 Å². The number of hydrogen-bond donors (Lipinski definition) is 1. The van der Waals surface area contributed by atoms with E-state index in [0.29, 0.717) is 12.0 Å². The van der Waals surface area contributed by atoms with E-state index in [1.54, 1.807) is 12.1 Å². The van der Waals surface area contributed by atoms with Gasteiger partial charge in [-0.05, 0) is 38.5 Å². The average Bonchev–Trinajstić information content (AvgIpc) is 2.90. The molecule has 1 aromatic carbocycles. The van der Waals surface area contributed by atoms with Crippen LogP contribution in [0.25, 0.3) is 0 Å². The molecule has 1 aliphatic rings. The molecule has 1 aromatic heterocycles. The number of aromatic nitrogens is 2. The Bertz CT molecular complexity index is 759. The van der Waals surface area contributed by atoms with Crippen molar-refractivity contribution in [3.63, 3.8) is 0 Å². The fourth-order valence-corrected chi connectivity index (χ4v) is 2.82. The number of amides is 1. The van der Waals surface area contributed by atoms with Gasteiger partial charge in [0.1, 0.15) is 5.82 Å². The molecule has 0 bridgehead atoms. The molecule has 0 aliphatic carbocycles. The van der Waals surface area contributed by atoms with Crippen LogP contribution in [0.15, 0.2) is 30.5 Å². The lowest BCUT2D eigenvalue weighted by Gasteiger charge is -2.28. The van der Waals surface area contributed by atoms with Gasteiger partial charge in [0, 0.05) is 17.9 Å². The molecule has 0 spiro atoms. The summed E-state index contributed by atoms with van der Waals surface area (Å²) in [7, 11) is 0. The lowest BCUT2D eigenvalue weighted by molar-refractivity contribution is -0.116. The molecule has 0 radical (unpaired) electrons. The smallest absolute Gasteiger partial charge is 0.226 e. The highest BCUT2D eigenvalue weighted by Crippen LogP contribution is 2.38. The van der Waals surface area contributed by atoms with Gasteiger partial charge in [-0.3, -0.25) is 4.79 Å². The molecule has 22 heavy (non-hydrogen) atoms. The van der Waals surface area contributed by atoms with Gasteiger partial charge in [-0.25, -0.2) is 4.68 Å². The molecule has 1 amide bonds. The van der Waals surface area contributed by atoms with Crippen molar-refractivity contribution in [1.29, 1.82) is 5.26 Å². The summed E-state index contributed by atoms with van der Waals surface area (Å²) >= 11 is 0. The Morgan fingerprint density at radius 1 is 1.32 bits per heavy atom. The first-order chi connectivity index (χ1) is 10.4. The quantitative estimate of drug-likeness (QED) is 0.879. The Morgan fingerprint density at radius 2 is 2.00 bits per heavy atom. The van der Waals surface area contributed by atoms with E-state index in [1.165, 1.54) is 0 Å². The summed E-state index contributed by atoms with van der Waals surface area (Å²) in [6.45, 7) is 6.16. The standard InChI is InChI=1S/C17H18N4O/c1-17(2,3)21-16-14(10-19-21)13(8-15(22)20-16)12-6-4-11(9-18)5-7-12/h4-7,10,13H,8H2,1-3H3,(H,20,22). The number of hydrogen-bond acceptors (Lipinski definition) is 3. The van der Waals surface area contributed by atoms with Crippen LogP contribution in [0, 0.1) is 11.3 Å². The minimum absolute atomic E-state index is 0.00661. The van der Waals surface area contributed by atoms with E-state index >= 15 is 0 Å². The van der Waals surface area contributed by atoms with Gasteiger partial charge in [-0.15, -0.1) is 0 Å². The molecule has 2 aromatic rings. The largest absolute Gasteiger partial charge is 0.311 e. The molecule has 0 fully saturated rings. The first-order valence-electron chi connectivity index (χ1n) is 7.28. The Hall–Kier alpha value is -2.61. The number of nitriles is 1. The summed E-state index contributed by atoms with van der Waals surface area (Å²) in [4.78, 5) is 12.1. The molecular weight excluding hydrogens is 276 g/mol. The van der Waals surface area contributed by atoms with Crippen LogP contribution in [0.4, 0.5) is 5.82 Å². The highest BCUT2D eigenvalue weighted by atomic mass is 16.1.